The summed E-state index contributed by atoms with van der Waals surface area (Å²) in [7, 11) is 3.01. The van der Waals surface area contributed by atoms with Crippen LogP contribution in [-0.2, 0) is 27.4 Å². The number of aliphatic hydroxyl groups excluding tert-OH is 1. The van der Waals surface area contributed by atoms with Gasteiger partial charge in [-0.3, -0.25) is 18.8 Å². The van der Waals surface area contributed by atoms with Gasteiger partial charge in [-0.05, 0) is 57.0 Å². The molecule has 3 amide bonds. The van der Waals surface area contributed by atoms with Crippen molar-refractivity contribution in [3.8, 4) is 28.3 Å². The zero-order chi connectivity index (χ0) is 37.6. The lowest BCUT2D eigenvalue weighted by molar-refractivity contribution is -0.122. The Morgan fingerprint density at radius 3 is 2.62 bits per heavy atom. The Labute approximate surface area is 306 Å². The molecule has 0 radical (unpaired) electrons. The molecule has 52 heavy (non-hydrogen) atoms. The number of aromatic nitrogens is 3. The molecule has 4 N–H and O–H groups in total. The van der Waals surface area contributed by atoms with Gasteiger partial charge in [0, 0.05) is 73.8 Å². The van der Waals surface area contributed by atoms with E-state index >= 15 is 0 Å². The molecule has 0 spiro atoms. The van der Waals surface area contributed by atoms with E-state index in [4.69, 9.17) is 26.1 Å². The minimum Gasteiger partial charge on any atom is -0.481 e. The molecule has 3 aromatic heterocycles. The van der Waals surface area contributed by atoms with E-state index in [1.165, 1.54) is 24.8 Å². The summed E-state index contributed by atoms with van der Waals surface area (Å²) in [5, 5.41) is 18.8. The van der Waals surface area contributed by atoms with Crippen molar-refractivity contribution in [2.45, 2.75) is 70.9 Å². The number of aliphatic hydroxyl groups is 1. The number of halogens is 1. The average molecular weight is 734 g/mol. The molecule has 1 fully saturated rings. The number of pyridine rings is 2. The highest BCUT2D eigenvalue weighted by atomic mass is 35.5. The number of methoxy groups -OCH3 is 1. The third-order valence-electron chi connectivity index (χ3n) is 8.43. The molecule has 0 unspecified atom stereocenters. The predicted octanol–water partition coefficient (Wildman–Crippen LogP) is 3.69. The van der Waals surface area contributed by atoms with E-state index in [9.17, 15) is 24.3 Å². The average Bonchev–Trinajstić information content (AvgIpc) is 3.52. The number of carbonyl (C=O) groups excluding carboxylic acids is 3. The summed E-state index contributed by atoms with van der Waals surface area (Å²) in [6.45, 7) is 6.12. The third-order valence-corrected chi connectivity index (χ3v) is 8.84. The van der Waals surface area contributed by atoms with Gasteiger partial charge < -0.3 is 35.4 Å². The van der Waals surface area contributed by atoms with E-state index in [0.29, 0.717) is 57.3 Å². The third kappa shape index (κ3) is 9.43. The molecule has 0 saturated carbocycles. The first-order valence-electron chi connectivity index (χ1n) is 17.0. The second-order valence-electron chi connectivity index (χ2n) is 13.6. The number of ether oxygens (including phenoxy) is 2. The van der Waals surface area contributed by atoms with Gasteiger partial charge >= 0.3 is 6.09 Å². The number of benzene rings is 1. The quantitative estimate of drug-likeness (QED) is 0.159. The molecule has 0 aliphatic carbocycles. The van der Waals surface area contributed by atoms with Gasteiger partial charge in [0.25, 0.3) is 5.56 Å². The minimum atomic E-state index is -0.888. The van der Waals surface area contributed by atoms with Gasteiger partial charge in [0.1, 0.15) is 11.2 Å². The van der Waals surface area contributed by atoms with E-state index in [-0.39, 0.29) is 56.0 Å². The van der Waals surface area contributed by atoms with Crippen LogP contribution < -0.4 is 26.2 Å². The van der Waals surface area contributed by atoms with E-state index in [2.05, 4.69) is 20.9 Å². The van der Waals surface area contributed by atoms with Crippen molar-refractivity contribution in [3.05, 3.63) is 81.4 Å². The summed E-state index contributed by atoms with van der Waals surface area (Å²) in [5.41, 5.74) is 3.13. The summed E-state index contributed by atoms with van der Waals surface area (Å²) in [6.07, 6.45) is 2.72. The second kappa shape index (κ2) is 16.5. The largest absolute Gasteiger partial charge is 0.481 e. The van der Waals surface area contributed by atoms with E-state index in [1.807, 2.05) is 30.3 Å². The first-order chi connectivity index (χ1) is 24.8. The fraction of sp³-hybridized carbons (Fsp3) is 0.405. The topological polar surface area (TPSA) is 176 Å². The first kappa shape index (κ1) is 38.2. The Morgan fingerprint density at radius 2 is 1.92 bits per heavy atom. The van der Waals surface area contributed by atoms with Gasteiger partial charge in [-0.1, -0.05) is 29.8 Å². The molecule has 276 valence electrons. The lowest BCUT2D eigenvalue weighted by Crippen LogP contribution is -2.43. The van der Waals surface area contributed by atoms with Crippen LogP contribution in [0.2, 0.25) is 5.02 Å². The molecule has 0 bridgehead atoms. The molecule has 1 aliphatic heterocycles. The minimum absolute atomic E-state index is 0.0435. The molecule has 4 heterocycles. The molecule has 5 rings (SSSR count). The van der Waals surface area contributed by atoms with Crippen LogP contribution >= 0.6 is 11.6 Å². The molecule has 1 aliphatic rings. The van der Waals surface area contributed by atoms with Crippen molar-refractivity contribution >= 4 is 35.2 Å². The van der Waals surface area contributed by atoms with Crippen LogP contribution in [0.3, 0.4) is 0 Å². The summed E-state index contributed by atoms with van der Waals surface area (Å²) >= 11 is 7.01. The normalized spacial score (nSPS) is 14.9. The highest BCUT2D eigenvalue weighted by Gasteiger charge is 2.29. The van der Waals surface area contributed by atoms with E-state index in [0.717, 1.165) is 5.56 Å². The smallest absolute Gasteiger partial charge is 0.410 e. The molecule has 1 aromatic carbocycles. The number of fused-ring (bicyclic) bond motifs is 1. The van der Waals surface area contributed by atoms with Crippen molar-refractivity contribution in [1.29, 1.82) is 0 Å². The van der Waals surface area contributed by atoms with Crippen molar-refractivity contribution in [3.63, 3.8) is 0 Å². The van der Waals surface area contributed by atoms with Gasteiger partial charge in [-0.2, -0.15) is 0 Å². The second-order valence-corrected chi connectivity index (χ2v) is 14.0. The number of amides is 3. The number of carbonyl (C=O) groups is 3. The highest BCUT2D eigenvalue weighted by molar-refractivity contribution is 6.36. The molecule has 1 saturated heterocycles. The van der Waals surface area contributed by atoms with Crippen LogP contribution in [0.15, 0.2) is 59.7 Å². The monoisotopic (exact) mass is 733 g/mol. The van der Waals surface area contributed by atoms with Crippen molar-refractivity contribution in [2.75, 3.05) is 27.2 Å². The fourth-order valence-electron chi connectivity index (χ4n) is 5.85. The zero-order valence-electron chi connectivity index (χ0n) is 29.9. The van der Waals surface area contributed by atoms with Crippen LogP contribution in [0.4, 0.5) is 4.79 Å². The predicted molar refractivity (Wildman–Crippen MR) is 196 cm³/mol. The maximum atomic E-state index is 13.2. The molecular weight excluding hydrogens is 690 g/mol. The van der Waals surface area contributed by atoms with Gasteiger partial charge in [0.2, 0.25) is 17.7 Å². The highest BCUT2D eigenvalue weighted by Crippen LogP contribution is 2.37. The number of hydrogen-bond acceptors (Lipinski definition) is 10. The SMILES string of the molecule is CNC(=O)C[C@H](O)CNCc1cnc2cc(-c3cccc(-c4ccc(CN(C[C@@H]5CCC(=O)N5)C(=O)OC(C)(C)C)c(OC)n4)c3Cl)ccn2c1=O. The van der Waals surface area contributed by atoms with Crippen LogP contribution in [0.1, 0.15) is 51.2 Å². The summed E-state index contributed by atoms with van der Waals surface area (Å²) in [4.78, 5) is 60.5. The molecule has 4 aromatic rings. The van der Waals surface area contributed by atoms with Crippen molar-refractivity contribution in [1.82, 2.24) is 35.2 Å². The Hall–Kier alpha value is -5.05. The zero-order valence-corrected chi connectivity index (χ0v) is 30.6. The van der Waals surface area contributed by atoms with E-state index in [1.54, 1.807) is 44.0 Å². The summed E-state index contributed by atoms with van der Waals surface area (Å²) < 4.78 is 12.8. The lowest BCUT2D eigenvalue weighted by Gasteiger charge is -2.29. The number of nitrogens with zero attached hydrogens (tertiary/aromatic N) is 4. The van der Waals surface area contributed by atoms with E-state index < -0.39 is 17.8 Å². The van der Waals surface area contributed by atoms with Crippen LogP contribution in [-0.4, -0.2) is 87.3 Å². The van der Waals surface area contributed by atoms with Gasteiger partial charge in [-0.15, -0.1) is 0 Å². The van der Waals surface area contributed by atoms with Crippen LogP contribution in [0, 0.1) is 0 Å². The number of hydrogen-bond donors (Lipinski definition) is 4. The lowest BCUT2D eigenvalue weighted by atomic mass is 10.0. The van der Waals surface area contributed by atoms with Crippen LogP contribution in [0.25, 0.3) is 28.0 Å². The fourth-order valence-corrected chi connectivity index (χ4v) is 6.18. The van der Waals surface area contributed by atoms with Gasteiger partial charge in [-0.25, -0.2) is 14.8 Å². The number of nitrogens with one attached hydrogen (secondary N) is 3. The first-order valence-corrected chi connectivity index (χ1v) is 17.3. The maximum Gasteiger partial charge on any atom is 0.410 e. The Balaban J connectivity index is 1.36. The van der Waals surface area contributed by atoms with Gasteiger partial charge in [0.05, 0.1) is 36.9 Å². The van der Waals surface area contributed by atoms with Crippen molar-refractivity contribution in [2.24, 2.45) is 0 Å². The Kier molecular flexibility index (Phi) is 12.1. The molecule has 14 nitrogen and oxygen atoms in total. The Bertz CT molecular complexity index is 2010. The van der Waals surface area contributed by atoms with Crippen LogP contribution in [0.5, 0.6) is 5.88 Å². The molecule has 2 atom stereocenters. The van der Waals surface area contributed by atoms with Crippen molar-refractivity contribution < 1.29 is 29.0 Å². The van der Waals surface area contributed by atoms with Gasteiger partial charge in [0.15, 0.2) is 0 Å². The summed E-state index contributed by atoms with van der Waals surface area (Å²) in [5.74, 6) is -0.00824. The molecule has 15 heteroatoms. The molecular formula is C37H44ClN7O7. The number of rotatable bonds is 13. The summed E-state index contributed by atoms with van der Waals surface area (Å²) in [6, 6.07) is 12.6. The Morgan fingerprint density at radius 1 is 1.15 bits per heavy atom. The standard InChI is InChI=1S/C37H44ClN7O7/c1-37(2,3)52-36(50)44(21-25-10-12-31(47)42-25)20-23-9-11-29(43-34(23)51-5)28-8-6-7-27(33(28)38)22-13-14-45-30(15-22)41-18-24(35(45)49)17-40-19-26(46)16-32(48)39-4/h6-9,11,13-15,18,25-26,40,46H,10,12,16-17,19-21H2,1-5H3,(H,39,48)(H,42,47)/t25-,26-/m0/s1. The maximum absolute atomic E-state index is 13.2.